The van der Waals surface area contributed by atoms with Crippen LogP contribution >= 0.6 is 0 Å². The standard InChI is InChI=1S/C18H24N2O2/c1-2-19-12-13-3-5-15(6-4-13)22-16-7-8-17-14(11-16)9-10-20-18(17)21/h7-11,13,15,19H,2-6,12H2,1H3,(H,20,21). The molecule has 22 heavy (non-hydrogen) atoms. The van der Waals surface area contributed by atoms with Gasteiger partial charge in [-0.3, -0.25) is 4.79 Å². The average molecular weight is 300 g/mol. The molecule has 0 atom stereocenters. The lowest BCUT2D eigenvalue weighted by molar-refractivity contribution is 0.131. The molecule has 1 saturated carbocycles. The Labute approximate surface area is 130 Å². The van der Waals surface area contributed by atoms with Gasteiger partial charge in [-0.1, -0.05) is 6.92 Å². The second-order valence-corrected chi connectivity index (χ2v) is 6.12. The number of aromatic nitrogens is 1. The minimum absolute atomic E-state index is 0.0482. The molecule has 0 bridgehead atoms. The van der Waals surface area contributed by atoms with E-state index < -0.39 is 0 Å². The van der Waals surface area contributed by atoms with Gasteiger partial charge in [0.25, 0.3) is 5.56 Å². The summed E-state index contributed by atoms with van der Waals surface area (Å²) in [7, 11) is 0. The van der Waals surface area contributed by atoms with Crippen molar-refractivity contribution in [2.24, 2.45) is 5.92 Å². The number of rotatable bonds is 5. The molecule has 4 nitrogen and oxygen atoms in total. The predicted molar refractivity (Wildman–Crippen MR) is 89.5 cm³/mol. The Morgan fingerprint density at radius 3 is 2.82 bits per heavy atom. The fourth-order valence-corrected chi connectivity index (χ4v) is 3.24. The van der Waals surface area contributed by atoms with Gasteiger partial charge in [-0.2, -0.15) is 0 Å². The molecule has 0 spiro atoms. The molecule has 0 amide bonds. The van der Waals surface area contributed by atoms with Crippen LogP contribution in [-0.4, -0.2) is 24.2 Å². The topological polar surface area (TPSA) is 54.1 Å². The molecule has 0 saturated heterocycles. The number of hydrogen-bond donors (Lipinski definition) is 2. The van der Waals surface area contributed by atoms with E-state index in [9.17, 15) is 4.79 Å². The Kier molecular flexibility index (Phi) is 4.78. The van der Waals surface area contributed by atoms with Crippen molar-refractivity contribution in [3.05, 3.63) is 40.8 Å². The van der Waals surface area contributed by atoms with Crippen molar-refractivity contribution in [1.29, 1.82) is 0 Å². The summed E-state index contributed by atoms with van der Waals surface area (Å²) in [6, 6.07) is 7.63. The number of H-pyrrole nitrogens is 1. The van der Waals surface area contributed by atoms with Crippen LogP contribution in [0.4, 0.5) is 0 Å². The van der Waals surface area contributed by atoms with E-state index in [0.717, 1.165) is 43.0 Å². The van der Waals surface area contributed by atoms with Gasteiger partial charge in [-0.05, 0) is 74.3 Å². The Hall–Kier alpha value is -1.81. The average Bonchev–Trinajstić information content (AvgIpc) is 2.54. The number of aromatic amines is 1. The zero-order chi connectivity index (χ0) is 15.4. The van der Waals surface area contributed by atoms with E-state index in [0.29, 0.717) is 11.5 Å². The van der Waals surface area contributed by atoms with Crippen LogP contribution in [0.2, 0.25) is 0 Å². The summed E-state index contributed by atoms with van der Waals surface area (Å²) in [6.45, 7) is 4.33. The van der Waals surface area contributed by atoms with Crippen LogP contribution in [0, 0.1) is 5.92 Å². The number of benzene rings is 1. The van der Waals surface area contributed by atoms with Crippen LogP contribution in [0.1, 0.15) is 32.6 Å². The first-order valence-corrected chi connectivity index (χ1v) is 8.25. The number of pyridine rings is 1. The van der Waals surface area contributed by atoms with Gasteiger partial charge in [0.05, 0.1) is 6.10 Å². The second kappa shape index (κ2) is 6.97. The third kappa shape index (κ3) is 3.50. The summed E-state index contributed by atoms with van der Waals surface area (Å²) in [5.74, 6) is 1.66. The molecule has 0 radical (unpaired) electrons. The summed E-state index contributed by atoms with van der Waals surface area (Å²) >= 11 is 0. The number of ether oxygens (including phenoxy) is 1. The van der Waals surface area contributed by atoms with Crippen LogP contribution in [0.5, 0.6) is 5.75 Å². The van der Waals surface area contributed by atoms with Crippen LogP contribution in [0.15, 0.2) is 35.3 Å². The van der Waals surface area contributed by atoms with Gasteiger partial charge in [-0.15, -0.1) is 0 Å². The lowest BCUT2D eigenvalue weighted by Gasteiger charge is -2.29. The van der Waals surface area contributed by atoms with Crippen molar-refractivity contribution in [2.75, 3.05) is 13.1 Å². The molecule has 118 valence electrons. The summed E-state index contributed by atoms with van der Waals surface area (Å²) in [5, 5.41) is 5.08. The maximum atomic E-state index is 11.7. The molecule has 0 unspecified atom stereocenters. The molecule has 3 rings (SSSR count). The summed E-state index contributed by atoms with van der Waals surface area (Å²) < 4.78 is 6.12. The predicted octanol–water partition coefficient (Wildman–Crippen LogP) is 3.08. The second-order valence-electron chi connectivity index (χ2n) is 6.12. The molecular weight excluding hydrogens is 276 g/mol. The number of fused-ring (bicyclic) bond motifs is 1. The first-order valence-electron chi connectivity index (χ1n) is 8.25. The highest BCUT2D eigenvalue weighted by Gasteiger charge is 2.22. The summed E-state index contributed by atoms with van der Waals surface area (Å²) in [5.41, 5.74) is -0.0482. The van der Waals surface area contributed by atoms with Gasteiger partial charge in [0.15, 0.2) is 0 Å². The van der Waals surface area contributed by atoms with Gasteiger partial charge < -0.3 is 15.0 Å². The first kappa shape index (κ1) is 15.1. The Balaban J connectivity index is 1.61. The zero-order valence-corrected chi connectivity index (χ0v) is 13.1. The molecular formula is C18H24N2O2. The normalized spacial score (nSPS) is 21.9. The molecule has 1 aromatic heterocycles. The highest BCUT2D eigenvalue weighted by Crippen LogP contribution is 2.28. The van der Waals surface area contributed by atoms with Crippen molar-refractivity contribution in [3.8, 4) is 5.75 Å². The highest BCUT2D eigenvalue weighted by atomic mass is 16.5. The molecule has 2 aromatic rings. The van der Waals surface area contributed by atoms with Crippen molar-refractivity contribution in [2.45, 2.75) is 38.7 Å². The SMILES string of the molecule is CCNCC1CCC(Oc2ccc3c(=O)[nH]ccc3c2)CC1. The molecule has 1 heterocycles. The van der Waals surface area contributed by atoms with Crippen LogP contribution < -0.4 is 15.6 Å². The minimum atomic E-state index is -0.0482. The molecule has 1 fully saturated rings. The fourth-order valence-electron chi connectivity index (χ4n) is 3.24. The lowest BCUT2D eigenvalue weighted by Crippen LogP contribution is -2.30. The molecule has 1 aromatic carbocycles. The Bertz CT molecular complexity index is 672. The zero-order valence-electron chi connectivity index (χ0n) is 13.1. The van der Waals surface area contributed by atoms with Gasteiger partial charge in [0.2, 0.25) is 0 Å². The van der Waals surface area contributed by atoms with E-state index in [4.69, 9.17) is 4.74 Å². The molecule has 2 N–H and O–H groups in total. The van der Waals surface area contributed by atoms with Crippen molar-refractivity contribution < 1.29 is 4.74 Å². The largest absolute Gasteiger partial charge is 0.490 e. The van der Waals surface area contributed by atoms with Crippen LogP contribution in [0.3, 0.4) is 0 Å². The molecule has 4 heteroatoms. The summed E-state index contributed by atoms with van der Waals surface area (Å²) in [6.07, 6.45) is 6.67. The van der Waals surface area contributed by atoms with Crippen LogP contribution in [-0.2, 0) is 0 Å². The number of nitrogens with one attached hydrogen (secondary N) is 2. The molecule has 0 aliphatic heterocycles. The third-order valence-corrected chi connectivity index (χ3v) is 4.52. The van der Waals surface area contributed by atoms with E-state index in [1.807, 2.05) is 24.3 Å². The molecule has 1 aliphatic carbocycles. The van der Waals surface area contributed by atoms with Crippen LogP contribution in [0.25, 0.3) is 10.8 Å². The number of hydrogen-bond acceptors (Lipinski definition) is 3. The van der Waals surface area contributed by atoms with E-state index in [1.165, 1.54) is 12.8 Å². The monoisotopic (exact) mass is 300 g/mol. The third-order valence-electron chi connectivity index (χ3n) is 4.52. The van der Waals surface area contributed by atoms with Crippen molar-refractivity contribution >= 4 is 10.8 Å². The van der Waals surface area contributed by atoms with E-state index >= 15 is 0 Å². The Morgan fingerprint density at radius 1 is 1.23 bits per heavy atom. The smallest absolute Gasteiger partial charge is 0.255 e. The molecule has 1 aliphatic rings. The quantitative estimate of drug-likeness (QED) is 0.892. The van der Waals surface area contributed by atoms with Gasteiger partial charge in [0, 0.05) is 11.6 Å². The van der Waals surface area contributed by atoms with Crippen molar-refractivity contribution in [3.63, 3.8) is 0 Å². The first-order chi connectivity index (χ1) is 10.8. The van der Waals surface area contributed by atoms with E-state index in [1.54, 1.807) is 6.20 Å². The van der Waals surface area contributed by atoms with E-state index in [2.05, 4.69) is 17.2 Å². The Morgan fingerprint density at radius 2 is 2.05 bits per heavy atom. The fraction of sp³-hybridized carbons (Fsp3) is 0.500. The minimum Gasteiger partial charge on any atom is -0.490 e. The van der Waals surface area contributed by atoms with E-state index in [-0.39, 0.29) is 5.56 Å². The maximum Gasteiger partial charge on any atom is 0.255 e. The van der Waals surface area contributed by atoms with Gasteiger partial charge in [0.1, 0.15) is 5.75 Å². The lowest BCUT2D eigenvalue weighted by atomic mass is 9.87. The highest BCUT2D eigenvalue weighted by molar-refractivity contribution is 5.82. The maximum absolute atomic E-state index is 11.7. The summed E-state index contributed by atoms with van der Waals surface area (Å²) in [4.78, 5) is 14.4. The van der Waals surface area contributed by atoms with Gasteiger partial charge in [-0.25, -0.2) is 0 Å². The van der Waals surface area contributed by atoms with Gasteiger partial charge >= 0.3 is 0 Å². The van der Waals surface area contributed by atoms with Crippen molar-refractivity contribution in [1.82, 2.24) is 10.3 Å².